The largest absolute Gasteiger partial charge is 0.433 e. The van der Waals surface area contributed by atoms with Crippen molar-refractivity contribution in [2.75, 3.05) is 11.1 Å². The number of nitrogens with one attached hydrogen (secondary N) is 1. The van der Waals surface area contributed by atoms with Crippen LogP contribution in [0.5, 0.6) is 11.6 Å². The number of ether oxygens (including phenoxy) is 1. The number of nitrogens with two attached hydrogens (primary N) is 1. The first-order valence-corrected chi connectivity index (χ1v) is 11.0. The summed E-state index contributed by atoms with van der Waals surface area (Å²) in [6, 6.07) is 9.02. The molecule has 0 spiro atoms. The van der Waals surface area contributed by atoms with Gasteiger partial charge in [-0.15, -0.1) is 0 Å². The predicted molar refractivity (Wildman–Crippen MR) is 126 cm³/mol. The molecule has 37 heavy (non-hydrogen) atoms. The normalized spacial score (nSPS) is 16.6. The van der Waals surface area contributed by atoms with Gasteiger partial charge in [-0.1, -0.05) is 18.2 Å². The summed E-state index contributed by atoms with van der Waals surface area (Å²) in [5.74, 6) is -3.40. The van der Waals surface area contributed by atoms with Gasteiger partial charge in [0.25, 0.3) is 5.88 Å². The van der Waals surface area contributed by atoms with E-state index in [1.807, 2.05) is 0 Å². The molecule has 0 radical (unpaired) electrons. The van der Waals surface area contributed by atoms with Crippen LogP contribution in [0.25, 0.3) is 17.2 Å². The van der Waals surface area contributed by atoms with Crippen molar-refractivity contribution in [3.8, 4) is 23.1 Å². The number of amides is 1. The number of imidazole rings is 1. The topological polar surface area (TPSA) is 120 Å². The Balaban J connectivity index is 1.46. The van der Waals surface area contributed by atoms with Gasteiger partial charge in [0.1, 0.15) is 28.6 Å². The number of fused-ring (bicyclic) bond motifs is 2. The summed E-state index contributed by atoms with van der Waals surface area (Å²) in [7, 11) is 0. The minimum atomic E-state index is -1.25. The number of benzene rings is 2. The van der Waals surface area contributed by atoms with Crippen molar-refractivity contribution >= 4 is 23.2 Å². The van der Waals surface area contributed by atoms with Crippen molar-refractivity contribution in [3.05, 3.63) is 89.6 Å². The van der Waals surface area contributed by atoms with Crippen LogP contribution in [-0.4, -0.2) is 30.2 Å². The van der Waals surface area contributed by atoms with Crippen LogP contribution in [0.4, 0.5) is 24.8 Å². The van der Waals surface area contributed by atoms with Crippen molar-refractivity contribution in [1.29, 1.82) is 0 Å². The molecule has 0 aliphatic carbocycles. The van der Waals surface area contributed by atoms with E-state index in [1.165, 1.54) is 42.6 Å². The van der Waals surface area contributed by atoms with Crippen LogP contribution in [0.3, 0.4) is 0 Å². The lowest BCUT2D eigenvalue weighted by molar-refractivity contribution is -0.119. The van der Waals surface area contributed by atoms with Gasteiger partial charge in [-0.3, -0.25) is 4.79 Å². The fourth-order valence-electron chi connectivity index (χ4n) is 4.33. The summed E-state index contributed by atoms with van der Waals surface area (Å²) < 4.78 is 48.6. The van der Waals surface area contributed by atoms with Crippen LogP contribution in [0.2, 0.25) is 0 Å². The number of hydrogen-bond donors (Lipinski definition) is 2. The molecule has 0 saturated heterocycles. The highest BCUT2D eigenvalue weighted by atomic mass is 19.2. The molecule has 2 aromatic carbocycles. The summed E-state index contributed by atoms with van der Waals surface area (Å²) in [4.78, 5) is 30.4. The molecule has 1 aliphatic rings. The molecule has 12 heteroatoms. The molecule has 1 amide bonds. The Morgan fingerprint density at radius 2 is 1.84 bits per heavy atom. The minimum Gasteiger partial charge on any atom is -0.433 e. The highest BCUT2D eigenvalue weighted by Gasteiger charge is 2.47. The molecule has 5 aromatic rings. The highest BCUT2D eigenvalue weighted by Crippen LogP contribution is 2.45. The zero-order chi connectivity index (χ0) is 25.9. The zero-order valence-corrected chi connectivity index (χ0v) is 19.0. The minimum absolute atomic E-state index is 0.0105. The third-order valence-corrected chi connectivity index (χ3v) is 6.24. The second-order valence-corrected chi connectivity index (χ2v) is 8.49. The van der Waals surface area contributed by atoms with Crippen molar-refractivity contribution in [2.45, 2.75) is 12.3 Å². The van der Waals surface area contributed by atoms with Crippen molar-refractivity contribution in [2.24, 2.45) is 0 Å². The molecule has 3 aromatic heterocycles. The van der Waals surface area contributed by atoms with Crippen molar-refractivity contribution in [1.82, 2.24) is 24.3 Å². The molecule has 0 saturated carbocycles. The van der Waals surface area contributed by atoms with Gasteiger partial charge in [0, 0.05) is 18.6 Å². The van der Waals surface area contributed by atoms with Crippen molar-refractivity contribution < 1.29 is 22.7 Å². The maximum atomic E-state index is 14.3. The van der Waals surface area contributed by atoms with E-state index in [2.05, 4.69) is 25.3 Å². The van der Waals surface area contributed by atoms with E-state index in [-0.39, 0.29) is 40.4 Å². The molecule has 1 aliphatic heterocycles. The van der Waals surface area contributed by atoms with E-state index in [9.17, 15) is 18.0 Å². The second-order valence-electron chi connectivity index (χ2n) is 8.49. The second kappa shape index (κ2) is 8.01. The highest BCUT2D eigenvalue weighted by molar-refractivity contribution is 6.09. The fraction of sp³-hybridized carbons (Fsp3) is 0.0800. The molecule has 0 bridgehead atoms. The van der Waals surface area contributed by atoms with Gasteiger partial charge >= 0.3 is 0 Å². The first-order valence-electron chi connectivity index (χ1n) is 11.0. The smallest absolute Gasteiger partial charge is 0.264 e. The van der Waals surface area contributed by atoms with Crippen LogP contribution in [0.15, 0.2) is 61.1 Å². The van der Waals surface area contributed by atoms with Crippen LogP contribution in [0.1, 0.15) is 18.1 Å². The van der Waals surface area contributed by atoms with E-state index in [0.717, 1.165) is 6.07 Å². The van der Waals surface area contributed by atoms with E-state index < -0.39 is 28.8 Å². The fourth-order valence-corrected chi connectivity index (χ4v) is 4.33. The molecule has 1 atom stereocenters. The summed E-state index contributed by atoms with van der Waals surface area (Å²) in [5.41, 5.74) is 6.32. The molecular formula is C25H16F3N7O2. The Labute approximate surface area is 206 Å². The Morgan fingerprint density at radius 1 is 1.05 bits per heavy atom. The lowest BCUT2D eigenvalue weighted by Crippen LogP contribution is -2.33. The average Bonchev–Trinajstić information content (AvgIpc) is 3.45. The summed E-state index contributed by atoms with van der Waals surface area (Å²) in [5, 5.41) is 2.72. The molecular weight excluding hydrogens is 487 g/mol. The van der Waals surface area contributed by atoms with Crippen molar-refractivity contribution in [3.63, 3.8) is 0 Å². The Morgan fingerprint density at radius 3 is 2.62 bits per heavy atom. The molecule has 3 N–H and O–H groups in total. The molecule has 4 heterocycles. The molecule has 6 rings (SSSR count). The van der Waals surface area contributed by atoms with Gasteiger partial charge in [-0.05, 0) is 36.8 Å². The molecule has 184 valence electrons. The third-order valence-electron chi connectivity index (χ3n) is 6.24. The number of aromatic nitrogens is 5. The van der Waals surface area contributed by atoms with E-state index in [1.54, 1.807) is 23.7 Å². The van der Waals surface area contributed by atoms with Gasteiger partial charge in [0.05, 0.1) is 5.56 Å². The summed E-state index contributed by atoms with van der Waals surface area (Å²) in [6.45, 7) is 1.65. The van der Waals surface area contributed by atoms with Crippen LogP contribution < -0.4 is 15.8 Å². The number of rotatable bonds is 4. The van der Waals surface area contributed by atoms with Gasteiger partial charge < -0.3 is 20.2 Å². The number of halogens is 3. The Bertz CT molecular complexity index is 1720. The number of nitrogens with zero attached hydrogens (tertiary/aromatic N) is 5. The van der Waals surface area contributed by atoms with E-state index >= 15 is 0 Å². The maximum absolute atomic E-state index is 14.3. The monoisotopic (exact) mass is 503 g/mol. The zero-order valence-electron chi connectivity index (χ0n) is 19.0. The van der Waals surface area contributed by atoms with E-state index in [4.69, 9.17) is 10.5 Å². The summed E-state index contributed by atoms with van der Waals surface area (Å²) >= 11 is 0. The quantitative estimate of drug-likeness (QED) is 0.376. The standard InChI is InChI=1S/C25H16F3N7O2/c1-25(12-5-7-13(26)8-6-12)17-19(29)32-20(33-21(17)34-24(25)36)15-11-35-10-9-30-22(35)23(31-15)37-16-4-2-3-14(27)18(16)28/h2-11H,1H3,(H3,29,32,33,34,36). The number of hydrogen-bond acceptors (Lipinski definition) is 7. The third kappa shape index (κ3) is 3.44. The number of anilines is 2. The van der Waals surface area contributed by atoms with E-state index in [0.29, 0.717) is 11.1 Å². The lowest BCUT2D eigenvalue weighted by Gasteiger charge is -2.23. The molecule has 1 unspecified atom stereocenters. The average molecular weight is 503 g/mol. The first-order chi connectivity index (χ1) is 17.8. The van der Waals surface area contributed by atoms with Crippen LogP contribution in [-0.2, 0) is 10.2 Å². The van der Waals surface area contributed by atoms with Crippen LogP contribution >= 0.6 is 0 Å². The Kier molecular flexibility index (Phi) is 4.87. The molecule has 0 fully saturated rings. The van der Waals surface area contributed by atoms with Gasteiger partial charge in [-0.2, -0.15) is 4.39 Å². The first kappa shape index (κ1) is 22.5. The predicted octanol–water partition coefficient (Wildman–Crippen LogP) is 4.24. The van der Waals surface area contributed by atoms with Crippen LogP contribution in [0, 0.1) is 17.5 Å². The maximum Gasteiger partial charge on any atom is 0.264 e. The van der Waals surface area contributed by atoms with Gasteiger partial charge in [-0.25, -0.2) is 28.7 Å². The molecule has 9 nitrogen and oxygen atoms in total. The SMILES string of the molecule is CC1(c2ccc(F)cc2)C(=O)Nc2nc(-c3cn4ccnc4c(Oc4cccc(F)c4F)n3)nc(N)c21. The number of nitrogen functional groups attached to an aromatic ring is 1. The number of carbonyl (C=O) groups excluding carboxylic acids is 1. The summed E-state index contributed by atoms with van der Waals surface area (Å²) in [6.07, 6.45) is 4.62. The Hall–Kier alpha value is -5.00. The lowest BCUT2D eigenvalue weighted by atomic mass is 9.78. The van der Waals surface area contributed by atoms with Gasteiger partial charge in [0.15, 0.2) is 17.4 Å². The number of carbonyl (C=O) groups is 1. The van der Waals surface area contributed by atoms with Gasteiger partial charge in [0.2, 0.25) is 17.4 Å².